The van der Waals surface area contributed by atoms with Gasteiger partial charge in [-0.1, -0.05) is 0 Å². The van der Waals surface area contributed by atoms with Gasteiger partial charge in [-0.25, -0.2) is 0 Å². The van der Waals surface area contributed by atoms with Crippen LogP contribution in [-0.2, 0) is 0 Å². The molecular formula is C12H20Cl2N2O. The molecule has 0 saturated carbocycles. The van der Waals surface area contributed by atoms with Gasteiger partial charge in [-0.05, 0) is 44.8 Å². The fourth-order valence-electron chi connectivity index (χ4n) is 1.88. The van der Waals surface area contributed by atoms with Gasteiger partial charge >= 0.3 is 0 Å². The van der Waals surface area contributed by atoms with Gasteiger partial charge in [0.1, 0.15) is 5.75 Å². The molecule has 0 aromatic carbocycles. The lowest BCUT2D eigenvalue weighted by Crippen LogP contribution is -2.30. The number of ether oxygens (including phenoxy) is 1. The Morgan fingerprint density at radius 1 is 1.35 bits per heavy atom. The fraction of sp³-hybridized carbons (Fsp3) is 0.583. The minimum absolute atomic E-state index is 0. The summed E-state index contributed by atoms with van der Waals surface area (Å²) in [4.78, 5) is 4.05. The molecule has 0 bridgehead atoms. The zero-order chi connectivity index (χ0) is 10.5. The average Bonchev–Trinajstić information content (AvgIpc) is 2.29. The topological polar surface area (TPSA) is 34.1 Å². The highest BCUT2D eigenvalue weighted by molar-refractivity contribution is 5.85. The number of hydrogen-bond acceptors (Lipinski definition) is 3. The van der Waals surface area contributed by atoms with Gasteiger partial charge in [0, 0.05) is 18.0 Å². The van der Waals surface area contributed by atoms with Crippen LogP contribution in [0.1, 0.15) is 18.4 Å². The molecule has 1 aromatic rings. The van der Waals surface area contributed by atoms with Gasteiger partial charge in [-0.2, -0.15) is 0 Å². The third kappa shape index (κ3) is 5.11. The maximum absolute atomic E-state index is 5.81. The fourth-order valence-corrected chi connectivity index (χ4v) is 1.88. The van der Waals surface area contributed by atoms with E-state index in [4.69, 9.17) is 4.74 Å². The van der Waals surface area contributed by atoms with Crippen molar-refractivity contribution in [2.45, 2.75) is 19.8 Å². The Labute approximate surface area is 115 Å². The van der Waals surface area contributed by atoms with E-state index in [2.05, 4.69) is 10.3 Å². The van der Waals surface area contributed by atoms with Crippen LogP contribution in [0.2, 0.25) is 0 Å². The smallest absolute Gasteiger partial charge is 0.125 e. The van der Waals surface area contributed by atoms with E-state index in [1.807, 2.05) is 19.2 Å². The van der Waals surface area contributed by atoms with E-state index in [0.29, 0.717) is 5.92 Å². The van der Waals surface area contributed by atoms with Crippen molar-refractivity contribution in [1.29, 1.82) is 0 Å². The number of nitrogens with zero attached hydrogens (tertiary/aromatic N) is 1. The van der Waals surface area contributed by atoms with E-state index < -0.39 is 0 Å². The van der Waals surface area contributed by atoms with Crippen LogP contribution in [0, 0.1) is 12.8 Å². The van der Waals surface area contributed by atoms with Gasteiger partial charge in [-0.3, -0.25) is 4.98 Å². The number of piperidine rings is 1. The van der Waals surface area contributed by atoms with Crippen molar-refractivity contribution >= 4 is 24.8 Å². The highest BCUT2D eigenvalue weighted by Gasteiger charge is 2.13. The summed E-state index contributed by atoms with van der Waals surface area (Å²) in [5, 5.41) is 3.36. The maximum Gasteiger partial charge on any atom is 0.125 e. The van der Waals surface area contributed by atoms with E-state index in [9.17, 15) is 0 Å². The number of aryl methyl sites for hydroxylation is 1. The van der Waals surface area contributed by atoms with Crippen LogP contribution in [0.25, 0.3) is 0 Å². The molecule has 0 radical (unpaired) electrons. The Balaban J connectivity index is 0.00000128. The Morgan fingerprint density at radius 3 is 2.71 bits per heavy atom. The van der Waals surface area contributed by atoms with Gasteiger partial charge in [-0.15, -0.1) is 24.8 Å². The molecule has 2 heterocycles. The third-order valence-corrected chi connectivity index (χ3v) is 2.90. The van der Waals surface area contributed by atoms with Gasteiger partial charge in [0.05, 0.1) is 6.61 Å². The Bertz CT molecular complexity index is 317. The first kappa shape index (κ1) is 16.5. The molecule has 3 nitrogen and oxygen atoms in total. The van der Waals surface area contributed by atoms with Crippen LogP contribution >= 0.6 is 24.8 Å². The van der Waals surface area contributed by atoms with Crippen molar-refractivity contribution in [2.24, 2.45) is 5.92 Å². The standard InChI is InChI=1S/C12H18N2O.2ClH/c1-10-8-14-7-4-12(10)15-9-11-2-5-13-6-3-11;;/h4,7-8,11,13H,2-3,5-6,9H2,1H3;2*1H. The second-order valence-electron chi connectivity index (χ2n) is 4.15. The van der Waals surface area contributed by atoms with E-state index in [1.54, 1.807) is 6.20 Å². The highest BCUT2D eigenvalue weighted by Crippen LogP contribution is 2.18. The van der Waals surface area contributed by atoms with Gasteiger partial charge in [0.2, 0.25) is 0 Å². The number of aromatic nitrogens is 1. The predicted molar refractivity (Wildman–Crippen MR) is 74.6 cm³/mol. The van der Waals surface area contributed by atoms with Crippen LogP contribution in [-0.4, -0.2) is 24.7 Å². The summed E-state index contributed by atoms with van der Waals surface area (Å²) in [6.45, 7) is 5.13. The van der Waals surface area contributed by atoms with Crippen LogP contribution < -0.4 is 10.1 Å². The molecule has 1 aliphatic rings. The largest absolute Gasteiger partial charge is 0.493 e. The molecule has 1 saturated heterocycles. The molecule has 1 fully saturated rings. The molecule has 17 heavy (non-hydrogen) atoms. The molecule has 0 atom stereocenters. The first-order valence-corrected chi connectivity index (χ1v) is 5.60. The summed E-state index contributed by atoms with van der Waals surface area (Å²) in [5.74, 6) is 1.68. The molecule has 2 rings (SSSR count). The lowest BCUT2D eigenvalue weighted by molar-refractivity contribution is 0.214. The van der Waals surface area contributed by atoms with Crippen molar-refractivity contribution < 1.29 is 4.74 Å². The van der Waals surface area contributed by atoms with Crippen molar-refractivity contribution in [1.82, 2.24) is 10.3 Å². The van der Waals surface area contributed by atoms with E-state index in [-0.39, 0.29) is 24.8 Å². The average molecular weight is 279 g/mol. The molecular weight excluding hydrogens is 259 g/mol. The number of hydrogen-bond donors (Lipinski definition) is 1. The number of rotatable bonds is 3. The lowest BCUT2D eigenvalue weighted by atomic mass is 9.99. The first-order chi connectivity index (χ1) is 7.36. The summed E-state index contributed by atoms with van der Waals surface area (Å²) >= 11 is 0. The van der Waals surface area contributed by atoms with Gasteiger partial charge in [0.15, 0.2) is 0 Å². The summed E-state index contributed by atoms with van der Waals surface area (Å²) in [6.07, 6.45) is 6.08. The summed E-state index contributed by atoms with van der Waals surface area (Å²) in [5.41, 5.74) is 1.12. The predicted octanol–water partition coefficient (Wildman–Crippen LogP) is 2.61. The van der Waals surface area contributed by atoms with E-state index in [0.717, 1.165) is 31.0 Å². The lowest BCUT2D eigenvalue weighted by Gasteiger charge is -2.22. The second kappa shape index (κ2) is 8.56. The van der Waals surface area contributed by atoms with Crippen LogP contribution in [0.15, 0.2) is 18.5 Å². The number of halogens is 2. The van der Waals surface area contributed by atoms with Crippen molar-refractivity contribution in [3.63, 3.8) is 0 Å². The van der Waals surface area contributed by atoms with Crippen LogP contribution in [0.3, 0.4) is 0 Å². The Kier molecular flexibility index (Phi) is 8.30. The molecule has 98 valence electrons. The number of nitrogens with one attached hydrogen (secondary N) is 1. The maximum atomic E-state index is 5.81. The Morgan fingerprint density at radius 2 is 2.06 bits per heavy atom. The molecule has 0 amide bonds. The van der Waals surface area contributed by atoms with Crippen molar-refractivity contribution in [3.8, 4) is 5.75 Å². The quantitative estimate of drug-likeness (QED) is 0.923. The van der Waals surface area contributed by atoms with Crippen LogP contribution in [0.4, 0.5) is 0 Å². The molecule has 0 spiro atoms. The summed E-state index contributed by atoms with van der Waals surface area (Å²) < 4.78 is 5.81. The number of pyridine rings is 1. The molecule has 1 N–H and O–H groups in total. The molecule has 0 aliphatic carbocycles. The molecule has 0 unspecified atom stereocenters. The molecule has 1 aliphatic heterocycles. The monoisotopic (exact) mass is 278 g/mol. The van der Waals surface area contributed by atoms with Crippen LogP contribution in [0.5, 0.6) is 5.75 Å². The second-order valence-corrected chi connectivity index (χ2v) is 4.15. The van der Waals surface area contributed by atoms with Crippen molar-refractivity contribution in [3.05, 3.63) is 24.0 Å². The summed E-state index contributed by atoms with van der Waals surface area (Å²) in [6, 6.07) is 1.94. The molecule has 5 heteroatoms. The van der Waals surface area contributed by atoms with Crippen molar-refractivity contribution in [2.75, 3.05) is 19.7 Å². The van der Waals surface area contributed by atoms with Gasteiger partial charge < -0.3 is 10.1 Å². The van der Waals surface area contributed by atoms with E-state index >= 15 is 0 Å². The zero-order valence-electron chi connectivity index (χ0n) is 10.0. The minimum atomic E-state index is 0. The zero-order valence-corrected chi connectivity index (χ0v) is 11.6. The normalized spacial score (nSPS) is 15.6. The molecule has 1 aromatic heterocycles. The van der Waals surface area contributed by atoms with Gasteiger partial charge in [0.25, 0.3) is 0 Å². The first-order valence-electron chi connectivity index (χ1n) is 5.60. The summed E-state index contributed by atoms with van der Waals surface area (Å²) in [7, 11) is 0. The SMILES string of the molecule is Cc1cnccc1OCC1CCNCC1.Cl.Cl. The van der Waals surface area contributed by atoms with E-state index in [1.165, 1.54) is 12.8 Å². The highest BCUT2D eigenvalue weighted by atomic mass is 35.5. The Hall–Kier alpha value is -0.510. The minimum Gasteiger partial charge on any atom is -0.493 e. The third-order valence-electron chi connectivity index (χ3n) is 2.90.